The molecular formula is C27H31N3O5S. The van der Waals surface area contributed by atoms with E-state index in [9.17, 15) is 18.0 Å². The van der Waals surface area contributed by atoms with E-state index in [1.54, 1.807) is 19.2 Å². The molecule has 3 aromatic rings. The summed E-state index contributed by atoms with van der Waals surface area (Å²) in [5, 5.41) is 7.32. The van der Waals surface area contributed by atoms with Crippen LogP contribution in [0.4, 0.5) is 0 Å². The van der Waals surface area contributed by atoms with E-state index in [-0.39, 0.29) is 17.9 Å². The maximum atomic E-state index is 13.4. The van der Waals surface area contributed by atoms with Crippen LogP contribution in [0.5, 0.6) is 5.75 Å². The molecule has 8 nitrogen and oxygen atoms in total. The fourth-order valence-electron chi connectivity index (χ4n) is 4.55. The summed E-state index contributed by atoms with van der Waals surface area (Å²) in [6.07, 6.45) is 1.32. The summed E-state index contributed by atoms with van der Waals surface area (Å²) < 4.78 is 33.4. The summed E-state index contributed by atoms with van der Waals surface area (Å²) in [4.78, 5) is 25.1. The monoisotopic (exact) mass is 509 g/mol. The van der Waals surface area contributed by atoms with Gasteiger partial charge in [-0.15, -0.1) is 0 Å². The van der Waals surface area contributed by atoms with Gasteiger partial charge in [0.1, 0.15) is 11.8 Å². The highest BCUT2D eigenvalue weighted by molar-refractivity contribution is 7.89. The number of rotatable bonds is 8. The van der Waals surface area contributed by atoms with Crippen molar-refractivity contribution in [2.75, 3.05) is 20.2 Å². The van der Waals surface area contributed by atoms with Gasteiger partial charge < -0.3 is 15.4 Å². The molecule has 1 saturated heterocycles. The number of piperidine rings is 1. The first-order chi connectivity index (χ1) is 17.3. The number of benzene rings is 3. The molecule has 1 fully saturated rings. The molecule has 0 aliphatic carbocycles. The third kappa shape index (κ3) is 5.85. The second-order valence-corrected chi connectivity index (χ2v) is 10.9. The van der Waals surface area contributed by atoms with Crippen LogP contribution in [0.1, 0.15) is 25.3 Å². The Bertz CT molecular complexity index is 1330. The predicted molar refractivity (Wildman–Crippen MR) is 138 cm³/mol. The lowest BCUT2D eigenvalue weighted by molar-refractivity contribution is -0.128. The van der Waals surface area contributed by atoms with Crippen LogP contribution in [0.3, 0.4) is 0 Å². The van der Waals surface area contributed by atoms with E-state index in [4.69, 9.17) is 4.74 Å². The first-order valence-electron chi connectivity index (χ1n) is 12.0. The van der Waals surface area contributed by atoms with Crippen LogP contribution in [-0.4, -0.2) is 56.8 Å². The molecule has 0 radical (unpaired) electrons. The van der Waals surface area contributed by atoms with E-state index in [2.05, 4.69) is 10.6 Å². The van der Waals surface area contributed by atoms with E-state index in [1.807, 2.05) is 54.6 Å². The van der Waals surface area contributed by atoms with E-state index >= 15 is 0 Å². The van der Waals surface area contributed by atoms with Gasteiger partial charge in [0.2, 0.25) is 21.8 Å². The molecular weight excluding hydrogens is 478 g/mol. The number of fused-ring (bicyclic) bond motifs is 1. The Morgan fingerprint density at radius 1 is 1.00 bits per heavy atom. The molecule has 0 aromatic heterocycles. The summed E-state index contributed by atoms with van der Waals surface area (Å²) >= 11 is 0. The van der Waals surface area contributed by atoms with Gasteiger partial charge in [-0.05, 0) is 42.0 Å². The van der Waals surface area contributed by atoms with Gasteiger partial charge in [-0.3, -0.25) is 9.59 Å². The van der Waals surface area contributed by atoms with Crippen molar-refractivity contribution >= 4 is 32.6 Å². The predicted octanol–water partition coefficient (Wildman–Crippen LogP) is 2.87. The quantitative estimate of drug-likeness (QED) is 0.486. The summed E-state index contributed by atoms with van der Waals surface area (Å²) in [6.45, 7) is 1.99. The van der Waals surface area contributed by atoms with E-state index in [1.165, 1.54) is 11.2 Å². The Morgan fingerprint density at radius 3 is 2.33 bits per heavy atom. The van der Waals surface area contributed by atoms with Gasteiger partial charge in [-0.25, -0.2) is 8.42 Å². The fourth-order valence-corrected chi connectivity index (χ4v) is 6.24. The molecule has 0 spiro atoms. The Hall–Kier alpha value is -3.43. The average Bonchev–Trinajstić information content (AvgIpc) is 2.88. The molecule has 36 heavy (non-hydrogen) atoms. The summed E-state index contributed by atoms with van der Waals surface area (Å²) in [6, 6.07) is 19.2. The zero-order valence-electron chi connectivity index (χ0n) is 20.4. The highest BCUT2D eigenvalue weighted by Gasteiger charge is 2.32. The standard InChI is InChI=1S/C27H31N3O5S/c1-19(31)28-25(18-20-10-12-23(35-2)13-11-20)27(32)29-22-14-16-30(17-15-22)36(33,34)26-9-5-7-21-6-3-4-8-24(21)26/h3-13,22,25H,14-18H2,1-2H3,(H,28,31)(H,29,32). The number of carbonyl (C=O) groups excluding carboxylic acids is 2. The zero-order valence-corrected chi connectivity index (χ0v) is 21.3. The molecule has 0 saturated carbocycles. The maximum absolute atomic E-state index is 13.4. The molecule has 3 aromatic carbocycles. The van der Waals surface area contributed by atoms with Crippen molar-refractivity contribution in [1.29, 1.82) is 0 Å². The lowest BCUT2D eigenvalue weighted by Crippen LogP contribution is -2.53. The normalized spacial score (nSPS) is 15.8. The molecule has 1 aliphatic heterocycles. The van der Waals surface area contributed by atoms with Crippen LogP contribution in [0.2, 0.25) is 0 Å². The molecule has 2 N–H and O–H groups in total. The van der Waals surface area contributed by atoms with Gasteiger partial charge in [0, 0.05) is 37.9 Å². The van der Waals surface area contributed by atoms with Crippen molar-refractivity contribution in [3.63, 3.8) is 0 Å². The molecule has 9 heteroatoms. The smallest absolute Gasteiger partial charge is 0.243 e. The minimum Gasteiger partial charge on any atom is -0.497 e. The number of amides is 2. The van der Waals surface area contributed by atoms with Crippen molar-refractivity contribution in [2.24, 2.45) is 0 Å². The van der Waals surface area contributed by atoms with E-state index < -0.39 is 16.1 Å². The fraction of sp³-hybridized carbons (Fsp3) is 0.333. The third-order valence-electron chi connectivity index (χ3n) is 6.46. The Balaban J connectivity index is 1.39. The van der Waals surface area contributed by atoms with Crippen molar-refractivity contribution in [3.05, 3.63) is 72.3 Å². The largest absolute Gasteiger partial charge is 0.497 e. The number of ether oxygens (including phenoxy) is 1. The minimum absolute atomic E-state index is 0.177. The number of nitrogens with one attached hydrogen (secondary N) is 2. The molecule has 0 bridgehead atoms. The highest BCUT2D eigenvalue weighted by Crippen LogP contribution is 2.27. The number of carbonyl (C=O) groups is 2. The van der Waals surface area contributed by atoms with Gasteiger partial charge in [0.15, 0.2) is 0 Å². The molecule has 1 unspecified atom stereocenters. The third-order valence-corrected chi connectivity index (χ3v) is 8.42. The number of hydrogen-bond acceptors (Lipinski definition) is 5. The number of hydrogen-bond donors (Lipinski definition) is 2. The number of sulfonamides is 1. The average molecular weight is 510 g/mol. The lowest BCUT2D eigenvalue weighted by Gasteiger charge is -2.32. The molecule has 4 rings (SSSR count). The topological polar surface area (TPSA) is 105 Å². The zero-order chi connectivity index (χ0) is 25.7. The summed E-state index contributed by atoms with van der Waals surface area (Å²) in [7, 11) is -2.08. The maximum Gasteiger partial charge on any atom is 0.243 e. The Labute approximate surface area is 211 Å². The number of nitrogens with zero attached hydrogens (tertiary/aromatic N) is 1. The van der Waals surface area contributed by atoms with Gasteiger partial charge in [0.25, 0.3) is 0 Å². The highest BCUT2D eigenvalue weighted by atomic mass is 32.2. The van der Waals surface area contributed by atoms with Crippen LogP contribution in [0.15, 0.2) is 71.6 Å². The first-order valence-corrected chi connectivity index (χ1v) is 13.4. The second-order valence-electron chi connectivity index (χ2n) is 8.97. The van der Waals surface area contributed by atoms with Gasteiger partial charge in [0.05, 0.1) is 12.0 Å². The van der Waals surface area contributed by atoms with Gasteiger partial charge in [-0.1, -0.05) is 48.5 Å². The van der Waals surface area contributed by atoms with Crippen LogP contribution < -0.4 is 15.4 Å². The van der Waals surface area contributed by atoms with Crippen molar-refractivity contribution < 1.29 is 22.7 Å². The van der Waals surface area contributed by atoms with Crippen LogP contribution in [-0.2, 0) is 26.0 Å². The second kappa shape index (κ2) is 11.1. The van der Waals surface area contributed by atoms with Crippen molar-refractivity contribution in [2.45, 2.75) is 43.2 Å². The Morgan fingerprint density at radius 2 is 1.67 bits per heavy atom. The van der Waals surface area contributed by atoms with Crippen molar-refractivity contribution in [1.82, 2.24) is 14.9 Å². The van der Waals surface area contributed by atoms with Gasteiger partial charge >= 0.3 is 0 Å². The minimum atomic E-state index is -3.67. The SMILES string of the molecule is COc1ccc(CC(NC(C)=O)C(=O)NC2CCN(S(=O)(=O)c3cccc4ccccc34)CC2)cc1. The molecule has 1 aliphatic rings. The molecule has 190 valence electrons. The van der Waals surface area contributed by atoms with Gasteiger partial charge in [-0.2, -0.15) is 4.31 Å². The Kier molecular flexibility index (Phi) is 7.91. The van der Waals surface area contributed by atoms with Crippen LogP contribution >= 0.6 is 0 Å². The number of methoxy groups -OCH3 is 1. The molecule has 2 amide bonds. The van der Waals surface area contributed by atoms with E-state index in [0.29, 0.717) is 48.4 Å². The van der Waals surface area contributed by atoms with Crippen LogP contribution in [0, 0.1) is 0 Å². The van der Waals surface area contributed by atoms with E-state index in [0.717, 1.165) is 10.9 Å². The summed E-state index contributed by atoms with van der Waals surface area (Å²) in [5.74, 6) is 0.139. The summed E-state index contributed by atoms with van der Waals surface area (Å²) in [5.41, 5.74) is 0.890. The lowest BCUT2D eigenvalue weighted by atomic mass is 10.0. The molecule has 1 heterocycles. The van der Waals surface area contributed by atoms with Crippen molar-refractivity contribution in [3.8, 4) is 5.75 Å². The van der Waals surface area contributed by atoms with Crippen LogP contribution in [0.25, 0.3) is 10.8 Å². The first kappa shape index (κ1) is 25.7. The molecule has 1 atom stereocenters.